The molecule has 0 aromatic rings. The minimum atomic E-state index is 0.0151. The third-order valence-corrected chi connectivity index (χ3v) is 1.80. The Kier molecular flexibility index (Phi) is 4.47. The molecule has 0 fully saturated rings. The van der Waals surface area contributed by atoms with Crippen molar-refractivity contribution in [1.82, 2.24) is 4.90 Å². The van der Waals surface area contributed by atoms with Crippen molar-refractivity contribution in [3.05, 3.63) is 0 Å². The summed E-state index contributed by atoms with van der Waals surface area (Å²) in [6, 6.07) is 0.111. The summed E-state index contributed by atoms with van der Waals surface area (Å²) in [5.41, 5.74) is 5.35. The number of carbonyl (C=O) groups excluding carboxylic acids is 1. The standard InChI is InChI=1S/C6H14N2OS/c1-5(3-7)8(2)6(9)4-10/h5,10H,3-4,7H2,1-2H3. The van der Waals surface area contributed by atoms with Gasteiger partial charge in [-0.3, -0.25) is 4.79 Å². The van der Waals surface area contributed by atoms with Crippen LogP contribution in [0.1, 0.15) is 6.92 Å². The van der Waals surface area contributed by atoms with Crippen molar-refractivity contribution in [2.75, 3.05) is 19.3 Å². The fourth-order valence-electron chi connectivity index (χ4n) is 0.515. The van der Waals surface area contributed by atoms with Crippen LogP contribution in [0.2, 0.25) is 0 Å². The summed E-state index contributed by atoms with van der Waals surface area (Å²) in [5.74, 6) is 0.266. The van der Waals surface area contributed by atoms with E-state index in [1.165, 1.54) is 0 Å². The van der Waals surface area contributed by atoms with Gasteiger partial charge >= 0.3 is 0 Å². The zero-order valence-electron chi connectivity index (χ0n) is 6.37. The Morgan fingerprint density at radius 3 is 2.60 bits per heavy atom. The molecule has 60 valence electrons. The van der Waals surface area contributed by atoms with Crippen molar-refractivity contribution in [2.45, 2.75) is 13.0 Å². The molecule has 0 radical (unpaired) electrons. The second-order valence-electron chi connectivity index (χ2n) is 2.25. The molecule has 4 heteroatoms. The Bertz CT molecular complexity index is 118. The molecule has 0 rings (SSSR count). The largest absolute Gasteiger partial charge is 0.341 e. The molecule has 0 aliphatic rings. The zero-order valence-corrected chi connectivity index (χ0v) is 7.27. The van der Waals surface area contributed by atoms with Crippen molar-refractivity contribution in [1.29, 1.82) is 0 Å². The van der Waals surface area contributed by atoms with Gasteiger partial charge in [0.05, 0.1) is 5.75 Å². The number of nitrogens with two attached hydrogens (primary N) is 1. The van der Waals surface area contributed by atoms with Crippen molar-refractivity contribution in [3.63, 3.8) is 0 Å². The van der Waals surface area contributed by atoms with Crippen LogP contribution in [0, 0.1) is 0 Å². The van der Waals surface area contributed by atoms with E-state index in [1.54, 1.807) is 11.9 Å². The van der Waals surface area contributed by atoms with Crippen LogP contribution < -0.4 is 5.73 Å². The molecule has 0 aliphatic heterocycles. The molecule has 0 saturated carbocycles. The molecule has 0 aromatic carbocycles. The molecule has 3 nitrogen and oxygen atoms in total. The van der Waals surface area contributed by atoms with Gasteiger partial charge in [-0.15, -0.1) is 0 Å². The number of amides is 1. The van der Waals surface area contributed by atoms with Crippen LogP contribution in [0.5, 0.6) is 0 Å². The maximum Gasteiger partial charge on any atom is 0.232 e. The van der Waals surface area contributed by atoms with E-state index in [1.807, 2.05) is 6.92 Å². The van der Waals surface area contributed by atoms with E-state index in [4.69, 9.17) is 5.73 Å². The van der Waals surface area contributed by atoms with Crippen LogP contribution >= 0.6 is 12.6 Å². The predicted molar refractivity (Wildman–Crippen MR) is 45.1 cm³/mol. The molecule has 0 bridgehead atoms. The Labute approximate surface area is 67.0 Å². The number of nitrogens with zero attached hydrogens (tertiary/aromatic N) is 1. The first-order chi connectivity index (χ1) is 4.63. The Hall–Kier alpha value is -0.220. The summed E-state index contributed by atoms with van der Waals surface area (Å²) in [6.07, 6.45) is 0. The van der Waals surface area contributed by atoms with Gasteiger partial charge in [0, 0.05) is 19.6 Å². The Morgan fingerprint density at radius 2 is 2.30 bits per heavy atom. The highest BCUT2D eigenvalue weighted by Crippen LogP contribution is 1.94. The van der Waals surface area contributed by atoms with Gasteiger partial charge in [0.1, 0.15) is 0 Å². The van der Waals surface area contributed by atoms with Crippen LogP contribution in [0.25, 0.3) is 0 Å². The van der Waals surface area contributed by atoms with Crippen molar-refractivity contribution in [2.24, 2.45) is 5.73 Å². The van der Waals surface area contributed by atoms with Gasteiger partial charge in [-0.05, 0) is 6.92 Å². The molecular formula is C6H14N2OS. The van der Waals surface area contributed by atoms with Gasteiger partial charge in [0.25, 0.3) is 0 Å². The lowest BCUT2D eigenvalue weighted by Crippen LogP contribution is -2.40. The van der Waals surface area contributed by atoms with Gasteiger partial charge in [0.2, 0.25) is 5.91 Å². The maximum atomic E-state index is 10.9. The van der Waals surface area contributed by atoms with E-state index in [0.717, 1.165) is 0 Å². The second-order valence-corrected chi connectivity index (χ2v) is 2.56. The highest BCUT2D eigenvalue weighted by atomic mass is 32.1. The van der Waals surface area contributed by atoms with E-state index < -0.39 is 0 Å². The van der Waals surface area contributed by atoms with Crippen LogP contribution in [0.3, 0.4) is 0 Å². The van der Waals surface area contributed by atoms with E-state index in [2.05, 4.69) is 12.6 Å². The third kappa shape index (κ3) is 2.58. The molecule has 0 saturated heterocycles. The number of likely N-dealkylation sites (N-methyl/N-ethyl adjacent to an activating group) is 1. The minimum absolute atomic E-state index is 0.0151. The average molecular weight is 162 g/mol. The monoisotopic (exact) mass is 162 g/mol. The number of hydrogen-bond donors (Lipinski definition) is 2. The molecule has 10 heavy (non-hydrogen) atoms. The lowest BCUT2D eigenvalue weighted by Gasteiger charge is -2.22. The Balaban J connectivity index is 3.81. The minimum Gasteiger partial charge on any atom is -0.341 e. The van der Waals surface area contributed by atoms with Crippen molar-refractivity contribution in [3.8, 4) is 0 Å². The smallest absolute Gasteiger partial charge is 0.232 e. The summed E-state index contributed by atoms with van der Waals surface area (Å²) in [7, 11) is 1.73. The lowest BCUT2D eigenvalue weighted by atomic mass is 10.3. The van der Waals surface area contributed by atoms with Crippen molar-refractivity contribution < 1.29 is 4.79 Å². The fraction of sp³-hybridized carbons (Fsp3) is 0.833. The van der Waals surface area contributed by atoms with Crippen LogP contribution in [-0.2, 0) is 4.79 Å². The summed E-state index contributed by atoms with van der Waals surface area (Å²) in [4.78, 5) is 12.5. The van der Waals surface area contributed by atoms with Gasteiger partial charge in [-0.25, -0.2) is 0 Å². The topological polar surface area (TPSA) is 46.3 Å². The summed E-state index contributed by atoms with van der Waals surface area (Å²) < 4.78 is 0. The Morgan fingerprint density at radius 1 is 1.80 bits per heavy atom. The molecule has 0 aliphatic carbocycles. The van der Waals surface area contributed by atoms with Crippen molar-refractivity contribution >= 4 is 18.5 Å². The SMILES string of the molecule is CC(CN)N(C)C(=O)CS. The number of carbonyl (C=O) groups is 1. The van der Waals surface area contributed by atoms with E-state index in [9.17, 15) is 4.79 Å². The summed E-state index contributed by atoms with van der Waals surface area (Å²) >= 11 is 3.86. The van der Waals surface area contributed by atoms with E-state index in [-0.39, 0.29) is 17.7 Å². The molecule has 0 spiro atoms. The summed E-state index contributed by atoms with van der Waals surface area (Å²) in [5, 5.41) is 0. The van der Waals surface area contributed by atoms with Gasteiger partial charge in [0.15, 0.2) is 0 Å². The van der Waals surface area contributed by atoms with Gasteiger partial charge < -0.3 is 10.6 Å². The summed E-state index contributed by atoms with van der Waals surface area (Å²) in [6.45, 7) is 2.40. The molecule has 1 unspecified atom stereocenters. The predicted octanol–water partition coefficient (Wildman–Crippen LogP) is -0.278. The van der Waals surface area contributed by atoms with Gasteiger partial charge in [-0.2, -0.15) is 12.6 Å². The zero-order chi connectivity index (χ0) is 8.15. The number of thiol groups is 1. The second kappa shape index (κ2) is 4.57. The van der Waals surface area contributed by atoms with Crippen LogP contribution in [0.4, 0.5) is 0 Å². The van der Waals surface area contributed by atoms with Crippen LogP contribution in [0.15, 0.2) is 0 Å². The normalized spacial score (nSPS) is 12.8. The molecule has 0 heterocycles. The maximum absolute atomic E-state index is 10.9. The molecule has 0 aromatic heterocycles. The van der Waals surface area contributed by atoms with Crippen LogP contribution in [-0.4, -0.2) is 36.2 Å². The quantitative estimate of drug-likeness (QED) is 0.561. The number of hydrogen-bond acceptors (Lipinski definition) is 3. The molecule has 1 amide bonds. The molecule has 2 N–H and O–H groups in total. The lowest BCUT2D eigenvalue weighted by molar-refractivity contribution is -0.128. The molecule has 1 atom stereocenters. The highest BCUT2D eigenvalue weighted by Gasteiger charge is 2.11. The fourth-order valence-corrected chi connectivity index (χ4v) is 0.739. The van der Waals surface area contributed by atoms with Gasteiger partial charge in [-0.1, -0.05) is 0 Å². The molecular weight excluding hydrogens is 148 g/mol. The van der Waals surface area contributed by atoms with E-state index >= 15 is 0 Å². The number of rotatable bonds is 3. The first-order valence-corrected chi connectivity index (χ1v) is 3.83. The average Bonchev–Trinajstić information content (AvgIpc) is 2.00. The highest BCUT2D eigenvalue weighted by molar-refractivity contribution is 7.81. The van der Waals surface area contributed by atoms with E-state index in [0.29, 0.717) is 6.54 Å². The first-order valence-electron chi connectivity index (χ1n) is 3.20. The first kappa shape index (κ1) is 9.78. The third-order valence-electron chi connectivity index (χ3n) is 1.53.